The van der Waals surface area contributed by atoms with E-state index in [1.165, 1.54) is 0 Å². The Hall–Kier alpha value is -0.860. The van der Waals surface area contributed by atoms with Crippen LogP contribution in [-0.2, 0) is 9.59 Å². The van der Waals surface area contributed by atoms with Crippen molar-refractivity contribution < 1.29 is 9.59 Å². The molecule has 0 radical (unpaired) electrons. The Morgan fingerprint density at radius 1 is 1.09 bits per heavy atom. The highest BCUT2D eigenvalue weighted by Gasteiger charge is 2.36. The minimum Gasteiger partial charge on any atom is -0.356 e. The van der Waals surface area contributed by atoms with E-state index in [4.69, 9.17) is 0 Å². The zero-order valence-electron chi connectivity index (χ0n) is 6.30. The lowest BCUT2D eigenvalue weighted by Crippen LogP contribution is -2.38. The van der Waals surface area contributed by atoms with Crippen LogP contribution in [0.3, 0.4) is 0 Å². The lowest BCUT2D eigenvalue weighted by molar-refractivity contribution is -0.124. The minimum atomic E-state index is 0.112. The molecule has 2 fully saturated rings. The highest BCUT2D eigenvalue weighted by Crippen LogP contribution is 2.33. The van der Waals surface area contributed by atoms with Crippen LogP contribution in [0.5, 0.6) is 0 Å². The molecule has 0 spiro atoms. The first-order valence-corrected chi connectivity index (χ1v) is 4.04. The Labute approximate surface area is 65.2 Å². The first-order chi connectivity index (χ1) is 5.25. The number of carbonyl (C=O) groups excluding carboxylic acids is 2. The molecule has 2 atom stereocenters. The maximum atomic E-state index is 11.0. The molecule has 60 valence electrons. The molecule has 0 aromatic carbocycles. The van der Waals surface area contributed by atoms with Gasteiger partial charge in [-0.2, -0.15) is 0 Å². The third-order valence-corrected chi connectivity index (χ3v) is 2.66. The Kier molecular flexibility index (Phi) is 1.44. The number of amides is 1. The second-order valence-corrected chi connectivity index (χ2v) is 3.48. The van der Waals surface area contributed by atoms with Crippen LogP contribution in [-0.4, -0.2) is 18.2 Å². The molecule has 1 aliphatic heterocycles. The number of carbonyl (C=O) groups is 2. The SMILES string of the molecule is O=C1CC2CC(=O)NC[C@@H]2C1. The van der Waals surface area contributed by atoms with E-state index in [-0.39, 0.29) is 5.91 Å². The van der Waals surface area contributed by atoms with Gasteiger partial charge in [-0.05, 0) is 11.8 Å². The summed E-state index contributed by atoms with van der Waals surface area (Å²) in [4.78, 5) is 21.9. The Bertz CT molecular complexity index is 210. The minimum absolute atomic E-state index is 0.112. The van der Waals surface area contributed by atoms with Gasteiger partial charge in [-0.25, -0.2) is 0 Å². The molecule has 1 saturated carbocycles. The zero-order chi connectivity index (χ0) is 7.84. The normalized spacial score (nSPS) is 36.7. The molecule has 1 aliphatic carbocycles. The second kappa shape index (κ2) is 2.32. The Balaban J connectivity index is 2.08. The van der Waals surface area contributed by atoms with Crippen molar-refractivity contribution in [1.29, 1.82) is 0 Å². The summed E-state index contributed by atoms with van der Waals surface area (Å²) in [6.45, 7) is 0.718. The van der Waals surface area contributed by atoms with Crippen molar-refractivity contribution in [2.45, 2.75) is 19.3 Å². The van der Waals surface area contributed by atoms with Gasteiger partial charge in [0.1, 0.15) is 5.78 Å². The van der Waals surface area contributed by atoms with Crippen molar-refractivity contribution in [2.75, 3.05) is 6.54 Å². The van der Waals surface area contributed by atoms with E-state index in [2.05, 4.69) is 5.32 Å². The van der Waals surface area contributed by atoms with E-state index in [0.717, 1.165) is 6.54 Å². The van der Waals surface area contributed by atoms with Gasteiger partial charge in [0.15, 0.2) is 0 Å². The van der Waals surface area contributed by atoms with E-state index in [1.54, 1.807) is 0 Å². The van der Waals surface area contributed by atoms with Crippen LogP contribution in [0.25, 0.3) is 0 Å². The summed E-state index contributed by atoms with van der Waals surface area (Å²) in [6.07, 6.45) is 1.89. The molecule has 3 nitrogen and oxygen atoms in total. The van der Waals surface area contributed by atoms with Crippen molar-refractivity contribution in [3.05, 3.63) is 0 Å². The van der Waals surface area contributed by atoms with Crippen LogP contribution in [0.2, 0.25) is 0 Å². The highest BCUT2D eigenvalue weighted by atomic mass is 16.1. The van der Waals surface area contributed by atoms with Gasteiger partial charge in [-0.15, -0.1) is 0 Å². The summed E-state index contributed by atoms with van der Waals surface area (Å²) in [7, 11) is 0. The van der Waals surface area contributed by atoms with Crippen LogP contribution in [0.4, 0.5) is 0 Å². The maximum absolute atomic E-state index is 11.0. The summed E-state index contributed by atoms with van der Waals surface area (Å²) >= 11 is 0. The molecule has 3 heteroatoms. The summed E-state index contributed by atoms with van der Waals surface area (Å²) in [5, 5.41) is 2.78. The molecule has 11 heavy (non-hydrogen) atoms. The molecule has 0 bridgehead atoms. The molecule has 2 aliphatic rings. The zero-order valence-corrected chi connectivity index (χ0v) is 6.30. The molecule has 1 amide bonds. The van der Waals surface area contributed by atoms with E-state index < -0.39 is 0 Å². The van der Waals surface area contributed by atoms with Crippen LogP contribution in [0.1, 0.15) is 19.3 Å². The smallest absolute Gasteiger partial charge is 0.220 e. The molecular weight excluding hydrogens is 142 g/mol. The van der Waals surface area contributed by atoms with Gasteiger partial charge in [0, 0.05) is 25.8 Å². The first kappa shape index (κ1) is 6.83. The lowest BCUT2D eigenvalue weighted by Gasteiger charge is -2.24. The largest absolute Gasteiger partial charge is 0.356 e. The van der Waals surface area contributed by atoms with Crippen molar-refractivity contribution >= 4 is 11.7 Å². The third-order valence-electron chi connectivity index (χ3n) is 2.66. The molecule has 1 unspecified atom stereocenters. The fourth-order valence-corrected chi connectivity index (χ4v) is 2.03. The first-order valence-electron chi connectivity index (χ1n) is 4.04. The lowest BCUT2D eigenvalue weighted by atomic mass is 9.89. The van der Waals surface area contributed by atoms with E-state index in [0.29, 0.717) is 36.9 Å². The monoisotopic (exact) mass is 153 g/mol. The third kappa shape index (κ3) is 1.15. The topological polar surface area (TPSA) is 46.2 Å². The summed E-state index contributed by atoms with van der Waals surface area (Å²) < 4.78 is 0. The summed E-state index contributed by atoms with van der Waals surface area (Å²) in [5.41, 5.74) is 0. The number of rotatable bonds is 0. The van der Waals surface area contributed by atoms with Gasteiger partial charge in [-0.3, -0.25) is 9.59 Å². The predicted octanol–water partition coefficient (Wildman–Crippen LogP) is 0.102. The number of ketones is 1. The van der Waals surface area contributed by atoms with Crippen LogP contribution >= 0.6 is 0 Å². The quantitative estimate of drug-likeness (QED) is 0.536. The number of piperidine rings is 1. The van der Waals surface area contributed by atoms with E-state index in [1.807, 2.05) is 0 Å². The number of fused-ring (bicyclic) bond motifs is 1. The molecular formula is C8H11NO2. The van der Waals surface area contributed by atoms with Crippen LogP contribution in [0.15, 0.2) is 0 Å². The van der Waals surface area contributed by atoms with Gasteiger partial charge in [0.2, 0.25) is 5.91 Å². The summed E-state index contributed by atoms with van der Waals surface area (Å²) in [6, 6.07) is 0. The Morgan fingerprint density at radius 2 is 1.82 bits per heavy atom. The number of Topliss-reactive ketones (excluding diaryl/α,β-unsaturated/α-hetero) is 1. The van der Waals surface area contributed by atoms with Crippen LogP contribution in [0, 0.1) is 11.8 Å². The molecule has 1 N–H and O–H groups in total. The van der Waals surface area contributed by atoms with Crippen LogP contribution < -0.4 is 5.32 Å². The average molecular weight is 153 g/mol. The van der Waals surface area contributed by atoms with Gasteiger partial charge in [-0.1, -0.05) is 0 Å². The molecule has 2 rings (SSSR count). The molecule has 1 saturated heterocycles. The van der Waals surface area contributed by atoms with E-state index >= 15 is 0 Å². The fraction of sp³-hybridized carbons (Fsp3) is 0.750. The molecule has 1 heterocycles. The highest BCUT2D eigenvalue weighted by molar-refractivity contribution is 5.84. The fourth-order valence-electron chi connectivity index (χ4n) is 2.03. The molecule has 0 aromatic heterocycles. The number of hydrogen-bond donors (Lipinski definition) is 1. The standard InChI is InChI=1S/C8H11NO2/c10-7-1-5-3-8(11)9-4-6(5)2-7/h5-6H,1-4H2,(H,9,11)/t5?,6-/m0/s1. The average Bonchev–Trinajstić information content (AvgIpc) is 2.27. The van der Waals surface area contributed by atoms with Crippen molar-refractivity contribution in [2.24, 2.45) is 11.8 Å². The van der Waals surface area contributed by atoms with Gasteiger partial charge in [0.05, 0.1) is 0 Å². The van der Waals surface area contributed by atoms with Crippen molar-refractivity contribution in [3.8, 4) is 0 Å². The van der Waals surface area contributed by atoms with Crippen molar-refractivity contribution in [3.63, 3.8) is 0 Å². The van der Waals surface area contributed by atoms with Gasteiger partial charge >= 0.3 is 0 Å². The second-order valence-electron chi connectivity index (χ2n) is 3.48. The van der Waals surface area contributed by atoms with Gasteiger partial charge < -0.3 is 5.32 Å². The maximum Gasteiger partial charge on any atom is 0.220 e. The van der Waals surface area contributed by atoms with Crippen molar-refractivity contribution in [1.82, 2.24) is 5.32 Å². The number of nitrogens with one attached hydrogen (secondary N) is 1. The van der Waals surface area contributed by atoms with Gasteiger partial charge in [0.25, 0.3) is 0 Å². The van der Waals surface area contributed by atoms with E-state index in [9.17, 15) is 9.59 Å². The Morgan fingerprint density at radius 3 is 2.64 bits per heavy atom. The molecule has 0 aromatic rings. The number of hydrogen-bond acceptors (Lipinski definition) is 2. The summed E-state index contributed by atoms with van der Waals surface area (Å²) in [5.74, 6) is 1.24. The predicted molar refractivity (Wildman–Crippen MR) is 38.8 cm³/mol.